The van der Waals surface area contributed by atoms with Gasteiger partial charge in [-0.25, -0.2) is 0 Å². The van der Waals surface area contributed by atoms with Gasteiger partial charge in [-0.1, -0.05) is 13.3 Å². The summed E-state index contributed by atoms with van der Waals surface area (Å²) in [6, 6.07) is 0. The summed E-state index contributed by atoms with van der Waals surface area (Å²) in [6.07, 6.45) is 1.90. The van der Waals surface area contributed by atoms with Crippen LogP contribution >= 0.6 is 0 Å². The molecule has 3 atom stereocenters. The standard InChI is InChI=1S/C14H18O5/c1-3-9(15)11-10(16)7-14(13(18)19-2)6-4-5-8(14)12(11)17/h8,11H,3-7H2,1-2H3. The van der Waals surface area contributed by atoms with E-state index in [2.05, 4.69) is 0 Å². The molecule has 2 fully saturated rings. The Morgan fingerprint density at radius 3 is 2.63 bits per heavy atom. The number of methoxy groups -OCH3 is 1. The molecule has 19 heavy (non-hydrogen) atoms. The van der Waals surface area contributed by atoms with Gasteiger partial charge in [0, 0.05) is 18.8 Å². The Bertz CT molecular complexity index is 453. The highest BCUT2D eigenvalue weighted by molar-refractivity contribution is 6.23. The monoisotopic (exact) mass is 266 g/mol. The van der Waals surface area contributed by atoms with Gasteiger partial charge in [0.15, 0.2) is 17.3 Å². The second-order valence-electron chi connectivity index (χ2n) is 5.39. The van der Waals surface area contributed by atoms with Crippen molar-refractivity contribution in [1.82, 2.24) is 0 Å². The highest BCUT2D eigenvalue weighted by Crippen LogP contribution is 2.52. The van der Waals surface area contributed by atoms with Crippen molar-refractivity contribution in [2.45, 2.75) is 39.0 Å². The fraction of sp³-hybridized carbons (Fsp3) is 0.714. The lowest BCUT2D eigenvalue weighted by Gasteiger charge is -2.37. The smallest absolute Gasteiger partial charge is 0.312 e. The third-order valence-corrected chi connectivity index (χ3v) is 4.48. The molecule has 0 bridgehead atoms. The first-order valence-electron chi connectivity index (χ1n) is 6.65. The first kappa shape index (κ1) is 13.9. The Morgan fingerprint density at radius 2 is 2.05 bits per heavy atom. The molecule has 104 valence electrons. The zero-order valence-electron chi connectivity index (χ0n) is 11.2. The highest BCUT2D eigenvalue weighted by Gasteiger charge is 2.60. The van der Waals surface area contributed by atoms with Gasteiger partial charge in [0.25, 0.3) is 0 Å². The maximum atomic E-state index is 12.4. The molecule has 2 rings (SSSR count). The largest absolute Gasteiger partial charge is 0.469 e. The second-order valence-corrected chi connectivity index (χ2v) is 5.39. The molecule has 2 saturated carbocycles. The van der Waals surface area contributed by atoms with Gasteiger partial charge >= 0.3 is 5.97 Å². The van der Waals surface area contributed by atoms with Gasteiger partial charge in [-0.15, -0.1) is 0 Å². The molecule has 0 aliphatic heterocycles. The van der Waals surface area contributed by atoms with E-state index in [1.165, 1.54) is 7.11 Å². The molecule has 0 saturated heterocycles. The van der Waals surface area contributed by atoms with E-state index in [4.69, 9.17) is 4.74 Å². The number of Topliss-reactive ketones (excluding diaryl/α,β-unsaturated/α-hetero) is 3. The van der Waals surface area contributed by atoms with Gasteiger partial charge < -0.3 is 4.74 Å². The van der Waals surface area contributed by atoms with Crippen LogP contribution in [0.1, 0.15) is 39.0 Å². The topological polar surface area (TPSA) is 77.5 Å². The van der Waals surface area contributed by atoms with E-state index >= 15 is 0 Å². The first-order valence-corrected chi connectivity index (χ1v) is 6.65. The number of hydrogen-bond acceptors (Lipinski definition) is 5. The van der Waals surface area contributed by atoms with Crippen molar-refractivity contribution in [2.75, 3.05) is 7.11 Å². The van der Waals surface area contributed by atoms with Crippen molar-refractivity contribution in [3.8, 4) is 0 Å². The summed E-state index contributed by atoms with van der Waals surface area (Å²) in [4.78, 5) is 48.3. The SMILES string of the molecule is CCC(=O)C1C(=O)CC2(C(=O)OC)CCCC2C1=O. The summed E-state index contributed by atoms with van der Waals surface area (Å²) in [5.41, 5.74) is -1.01. The number of rotatable bonds is 3. The van der Waals surface area contributed by atoms with Crippen LogP contribution in [0, 0.1) is 17.3 Å². The number of carbonyl (C=O) groups is 4. The lowest BCUT2D eigenvalue weighted by molar-refractivity contribution is -0.166. The van der Waals surface area contributed by atoms with Crippen LogP contribution in [0.25, 0.3) is 0 Å². The first-order chi connectivity index (χ1) is 8.97. The molecule has 0 N–H and O–H groups in total. The van der Waals surface area contributed by atoms with Gasteiger partial charge in [0.1, 0.15) is 5.92 Å². The van der Waals surface area contributed by atoms with Gasteiger partial charge in [0.05, 0.1) is 12.5 Å². The van der Waals surface area contributed by atoms with Crippen LogP contribution in [0.15, 0.2) is 0 Å². The zero-order chi connectivity index (χ0) is 14.2. The maximum absolute atomic E-state index is 12.4. The molecular formula is C14H18O5. The van der Waals surface area contributed by atoms with E-state index < -0.39 is 29.0 Å². The minimum atomic E-state index is -1.15. The molecule has 0 aromatic heterocycles. The Kier molecular flexibility index (Phi) is 3.56. The molecule has 3 unspecified atom stereocenters. The Labute approximate surface area is 111 Å². The summed E-state index contributed by atoms with van der Waals surface area (Å²) >= 11 is 0. The average Bonchev–Trinajstić information content (AvgIpc) is 2.82. The molecule has 2 aliphatic carbocycles. The third-order valence-electron chi connectivity index (χ3n) is 4.48. The molecule has 5 heteroatoms. The Morgan fingerprint density at radius 1 is 1.37 bits per heavy atom. The van der Waals surface area contributed by atoms with Crippen LogP contribution in [0.2, 0.25) is 0 Å². The molecule has 0 aromatic carbocycles. The lowest BCUT2D eigenvalue weighted by Crippen LogP contribution is -2.52. The van der Waals surface area contributed by atoms with Crippen molar-refractivity contribution in [2.24, 2.45) is 17.3 Å². The van der Waals surface area contributed by atoms with E-state index in [9.17, 15) is 19.2 Å². The minimum absolute atomic E-state index is 0.0352. The van der Waals surface area contributed by atoms with Crippen LogP contribution in [0.5, 0.6) is 0 Å². The predicted molar refractivity (Wildman–Crippen MR) is 65.2 cm³/mol. The quantitative estimate of drug-likeness (QED) is 0.564. The van der Waals surface area contributed by atoms with Crippen molar-refractivity contribution in [1.29, 1.82) is 0 Å². The third kappa shape index (κ3) is 1.91. The van der Waals surface area contributed by atoms with Gasteiger partial charge in [-0.05, 0) is 12.8 Å². The Balaban J connectivity index is 2.38. The Hall–Kier alpha value is -1.52. The predicted octanol–water partition coefficient (Wildman–Crippen LogP) is 1.08. The van der Waals surface area contributed by atoms with Crippen LogP contribution in [0.3, 0.4) is 0 Å². The van der Waals surface area contributed by atoms with Crippen LogP contribution < -0.4 is 0 Å². The normalized spacial score (nSPS) is 34.0. The van der Waals surface area contributed by atoms with Crippen LogP contribution in [-0.4, -0.2) is 30.4 Å². The van der Waals surface area contributed by atoms with E-state index in [1.807, 2.05) is 0 Å². The summed E-state index contributed by atoms with van der Waals surface area (Å²) in [5, 5.41) is 0. The van der Waals surface area contributed by atoms with Gasteiger partial charge in [-0.2, -0.15) is 0 Å². The molecule has 5 nitrogen and oxygen atoms in total. The molecule has 0 spiro atoms. The molecule has 0 amide bonds. The van der Waals surface area contributed by atoms with Crippen molar-refractivity contribution < 1.29 is 23.9 Å². The number of fused-ring (bicyclic) bond motifs is 1. The number of ether oxygens (including phenoxy) is 1. The van der Waals surface area contributed by atoms with E-state index in [1.54, 1.807) is 6.92 Å². The van der Waals surface area contributed by atoms with E-state index in [0.717, 1.165) is 0 Å². The summed E-state index contributed by atoms with van der Waals surface area (Å²) in [6.45, 7) is 1.64. The van der Waals surface area contributed by atoms with E-state index in [-0.39, 0.29) is 24.4 Å². The highest BCUT2D eigenvalue weighted by atomic mass is 16.5. The molecule has 2 aliphatic rings. The molecule has 0 heterocycles. The fourth-order valence-electron chi connectivity index (χ4n) is 3.53. The second kappa shape index (κ2) is 4.87. The number of esters is 1. The van der Waals surface area contributed by atoms with Crippen molar-refractivity contribution in [3.05, 3.63) is 0 Å². The van der Waals surface area contributed by atoms with Gasteiger partial charge in [-0.3, -0.25) is 19.2 Å². The fourth-order valence-corrected chi connectivity index (χ4v) is 3.53. The zero-order valence-corrected chi connectivity index (χ0v) is 11.2. The number of carbonyl (C=O) groups excluding carboxylic acids is 4. The van der Waals surface area contributed by atoms with Crippen molar-refractivity contribution >= 4 is 23.3 Å². The molecule has 0 aromatic rings. The van der Waals surface area contributed by atoms with Crippen LogP contribution in [-0.2, 0) is 23.9 Å². The minimum Gasteiger partial charge on any atom is -0.469 e. The van der Waals surface area contributed by atoms with E-state index in [0.29, 0.717) is 19.3 Å². The van der Waals surface area contributed by atoms with Crippen molar-refractivity contribution in [3.63, 3.8) is 0 Å². The summed E-state index contributed by atoms with van der Waals surface area (Å²) in [5.74, 6) is -3.28. The summed E-state index contributed by atoms with van der Waals surface area (Å²) in [7, 11) is 1.27. The summed E-state index contributed by atoms with van der Waals surface area (Å²) < 4.78 is 4.78. The average molecular weight is 266 g/mol. The molecule has 0 radical (unpaired) electrons. The number of ketones is 3. The number of hydrogen-bond donors (Lipinski definition) is 0. The van der Waals surface area contributed by atoms with Gasteiger partial charge in [0.2, 0.25) is 0 Å². The maximum Gasteiger partial charge on any atom is 0.312 e. The lowest BCUT2D eigenvalue weighted by atomic mass is 9.62. The molecular weight excluding hydrogens is 248 g/mol. The van der Waals surface area contributed by atoms with Crippen LogP contribution in [0.4, 0.5) is 0 Å².